The Morgan fingerprint density at radius 1 is 1.25 bits per heavy atom. The third kappa shape index (κ3) is 10.1. The highest BCUT2D eigenvalue weighted by Crippen LogP contribution is 2.22. The second-order valence-electron chi connectivity index (χ2n) is 7.63. The molecular formula is C20H36IN5O2. The lowest BCUT2D eigenvalue weighted by Gasteiger charge is -2.26. The molecule has 0 heterocycles. The van der Waals surface area contributed by atoms with E-state index in [-0.39, 0.29) is 48.0 Å². The molecule has 0 aliphatic rings. The number of hydrogen-bond donors (Lipinski definition) is 3. The van der Waals surface area contributed by atoms with Gasteiger partial charge in [0, 0.05) is 18.6 Å². The molecule has 0 fully saturated rings. The van der Waals surface area contributed by atoms with Crippen molar-refractivity contribution in [2.24, 2.45) is 4.99 Å². The summed E-state index contributed by atoms with van der Waals surface area (Å²) in [7, 11) is 5.74. The number of ether oxygens (including phenoxy) is 1. The fourth-order valence-electron chi connectivity index (χ4n) is 2.59. The zero-order chi connectivity index (χ0) is 20.4. The van der Waals surface area contributed by atoms with Crippen LogP contribution in [-0.2, 0) is 4.79 Å². The largest absolute Gasteiger partial charge is 0.497 e. The molecule has 0 bridgehead atoms. The number of carbonyl (C=O) groups is 1. The Hall–Kier alpha value is -1.55. The van der Waals surface area contributed by atoms with Crippen LogP contribution in [0.5, 0.6) is 5.75 Å². The van der Waals surface area contributed by atoms with E-state index in [0.717, 1.165) is 17.9 Å². The minimum atomic E-state index is -0.263. The van der Waals surface area contributed by atoms with Crippen LogP contribution in [0.3, 0.4) is 0 Å². The van der Waals surface area contributed by atoms with Gasteiger partial charge in [0.2, 0.25) is 5.91 Å². The molecule has 0 spiro atoms. The number of guanidine groups is 1. The third-order valence-electron chi connectivity index (χ3n) is 3.80. The molecule has 0 saturated heterocycles. The van der Waals surface area contributed by atoms with Gasteiger partial charge in [0.1, 0.15) is 12.3 Å². The van der Waals surface area contributed by atoms with Gasteiger partial charge in [-0.15, -0.1) is 24.0 Å². The fraction of sp³-hybridized carbons (Fsp3) is 0.600. The number of aliphatic imine (C=N–C) groups is 1. The second-order valence-corrected chi connectivity index (χ2v) is 7.63. The van der Waals surface area contributed by atoms with Crippen LogP contribution in [0.25, 0.3) is 0 Å². The SMILES string of the molecule is CCNC(=NCC(=O)NC(C)(C)C)NCC(c1cccc(OC)c1)N(C)C.I. The van der Waals surface area contributed by atoms with Gasteiger partial charge in [-0.1, -0.05) is 12.1 Å². The van der Waals surface area contributed by atoms with Gasteiger partial charge >= 0.3 is 0 Å². The van der Waals surface area contributed by atoms with Crippen LogP contribution in [-0.4, -0.2) is 63.1 Å². The Morgan fingerprint density at radius 3 is 2.46 bits per heavy atom. The molecule has 8 heteroatoms. The topological polar surface area (TPSA) is 78.0 Å². The molecule has 1 amide bonds. The van der Waals surface area contributed by atoms with Gasteiger partial charge in [-0.3, -0.25) is 4.79 Å². The van der Waals surface area contributed by atoms with E-state index in [0.29, 0.717) is 12.5 Å². The molecule has 160 valence electrons. The summed E-state index contributed by atoms with van der Waals surface area (Å²) in [4.78, 5) is 18.5. The van der Waals surface area contributed by atoms with Crippen LogP contribution < -0.4 is 20.7 Å². The first-order valence-electron chi connectivity index (χ1n) is 9.30. The van der Waals surface area contributed by atoms with Crippen molar-refractivity contribution in [3.63, 3.8) is 0 Å². The zero-order valence-corrected chi connectivity index (χ0v) is 20.5. The molecule has 0 saturated carbocycles. The van der Waals surface area contributed by atoms with Crippen molar-refractivity contribution in [3.05, 3.63) is 29.8 Å². The molecule has 1 aromatic carbocycles. The highest BCUT2D eigenvalue weighted by Gasteiger charge is 2.16. The lowest BCUT2D eigenvalue weighted by molar-refractivity contribution is -0.121. The Morgan fingerprint density at radius 2 is 1.93 bits per heavy atom. The third-order valence-corrected chi connectivity index (χ3v) is 3.80. The van der Waals surface area contributed by atoms with Gasteiger partial charge in [-0.25, -0.2) is 4.99 Å². The predicted octanol–water partition coefficient (Wildman–Crippen LogP) is 2.39. The zero-order valence-electron chi connectivity index (χ0n) is 18.1. The number of halogens is 1. The molecular weight excluding hydrogens is 469 g/mol. The summed E-state index contributed by atoms with van der Waals surface area (Å²) in [6.07, 6.45) is 0. The van der Waals surface area contributed by atoms with Crippen molar-refractivity contribution in [2.45, 2.75) is 39.3 Å². The second kappa shape index (κ2) is 12.8. The molecule has 0 aromatic heterocycles. The van der Waals surface area contributed by atoms with E-state index in [4.69, 9.17) is 4.74 Å². The van der Waals surface area contributed by atoms with Crippen LogP contribution in [0, 0.1) is 0 Å². The Kier molecular flexibility index (Phi) is 12.1. The van der Waals surface area contributed by atoms with E-state index in [1.165, 1.54) is 0 Å². The predicted molar refractivity (Wildman–Crippen MR) is 127 cm³/mol. The summed E-state index contributed by atoms with van der Waals surface area (Å²) in [6.45, 7) is 9.30. The summed E-state index contributed by atoms with van der Waals surface area (Å²) in [5.41, 5.74) is 0.883. The number of nitrogens with one attached hydrogen (secondary N) is 3. The Bertz CT molecular complexity index is 629. The lowest BCUT2D eigenvalue weighted by Crippen LogP contribution is -2.44. The van der Waals surface area contributed by atoms with Crippen LogP contribution >= 0.6 is 24.0 Å². The van der Waals surface area contributed by atoms with Crippen molar-refractivity contribution >= 4 is 35.8 Å². The minimum Gasteiger partial charge on any atom is -0.497 e. The average molecular weight is 505 g/mol. The first-order chi connectivity index (χ1) is 12.7. The normalized spacial score (nSPS) is 12.8. The summed E-state index contributed by atoms with van der Waals surface area (Å²) < 4.78 is 5.33. The van der Waals surface area contributed by atoms with E-state index in [1.807, 2.05) is 60.0 Å². The van der Waals surface area contributed by atoms with Gasteiger partial charge in [0.25, 0.3) is 0 Å². The molecule has 7 nitrogen and oxygen atoms in total. The van der Waals surface area contributed by atoms with Gasteiger partial charge < -0.3 is 25.6 Å². The number of nitrogens with zero attached hydrogens (tertiary/aromatic N) is 2. The summed E-state index contributed by atoms with van der Waals surface area (Å²) in [6, 6.07) is 8.17. The van der Waals surface area contributed by atoms with Crippen LogP contribution in [0.4, 0.5) is 0 Å². The Balaban J connectivity index is 0.00000729. The quantitative estimate of drug-likeness (QED) is 0.288. The highest BCUT2D eigenvalue weighted by molar-refractivity contribution is 14.0. The highest BCUT2D eigenvalue weighted by atomic mass is 127. The summed E-state index contributed by atoms with van der Waals surface area (Å²) in [5, 5.41) is 9.43. The van der Waals surface area contributed by atoms with Gasteiger partial charge in [-0.05, 0) is 59.5 Å². The molecule has 1 atom stereocenters. The number of rotatable bonds is 8. The molecule has 1 unspecified atom stereocenters. The van der Waals surface area contributed by atoms with Gasteiger partial charge in [-0.2, -0.15) is 0 Å². The van der Waals surface area contributed by atoms with Crippen molar-refractivity contribution in [1.29, 1.82) is 0 Å². The molecule has 28 heavy (non-hydrogen) atoms. The fourth-order valence-corrected chi connectivity index (χ4v) is 2.59. The first-order valence-corrected chi connectivity index (χ1v) is 9.30. The van der Waals surface area contributed by atoms with Crippen LogP contribution in [0.15, 0.2) is 29.3 Å². The maximum Gasteiger partial charge on any atom is 0.242 e. The number of hydrogen-bond acceptors (Lipinski definition) is 4. The van der Waals surface area contributed by atoms with Crippen molar-refractivity contribution in [2.75, 3.05) is 40.8 Å². The maximum absolute atomic E-state index is 12.0. The van der Waals surface area contributed by atoms with Gasteiger partial charge in [0.05, 0.1) is 13.2 Å². The van der Waals surface area contributed by atoms with E-state index < -0.39 is 0 Å². The van der Waals surface area contributed by atoms with Crippen LogP contribution in [0.1, 0.15) is 39.3 Å². The summed E-state index contributed by atoms with van der Waals surface area (Å²) >= 11 is 0. The van der Waals surface area contributed by atoms with E-state index >= 15 is 0 Å². The van der Waals surface area contributed by atoms with Crippen LogP contribution in [0.2, 0.25) is 0 Å². The van der Waals surface area contributed by atoms with Crippen molar-refractivity contribution in [1.82, 2.24) is 20.9 Å². The molecule has 1 aromatic rings. The number of carbonyl (C=O) groups excluding carboxylic acids is 1. The van der Waals surface area contributed by atoms with E-state index in [1.54, 1.807) is 7.11 Å². The minimum absolute atomic E-state index is 0. The molecule has 0 aliphatic carbocycles. The van der Waals surface area contributed by atoms with E-state index in [2.05, 4.69) is 31.9 Å². The van der Waals surface area contributed by atoms with Gasteiger partial charge in [0.15, 0.2) is 5.96 Å². The number of amides is 1. The average Bonchev–Trinajstić information content (AvgIpc) is 2.58. The van der Waals surface area contributed by atoms with Crippen molar-refractivity contribution in [3.8, 4) is 5.75 Å². The number of methoxy groups -OCH3 is 1. The number of likely N-dealkylation sites (N-methyl/N-ethyl adjacent to an activating group) is 1. The number of benzene rings is 1. The smallest absolute Gasteiger partial charge is 0.242 e. The Labute approximate surface area is 186 Å². The monoisotopic (exact) mass is 505 g/mol. The standard InChI is InChI=1S/C20H35N5O2.HI/c1-8-21-19(23-14-18(26)24-20(2,3)4)22-13-17(25(5)6)15-10-9-11-16(12-15)27-7;/h9-12,17H,8,13-14H2,1-7H3,(H,24,26)(H2,21,22,23);1H. The van der Waals surface area contributed by atoms with Crippen molar-refractivity contribution < 1.29 is 9.53 Å². The maximum atomic E-state index is 12.0. The lowest BCUT2D eigenvalue weighted by atomic mass is 10.1. The molecule has 1 rings (SSSR count). The molecule has 3 N–H and O–H groups in total. The first kappa shape index (κ1) is 26.4. The molecule has 0 aliphatic heterocycles. The van der Waals surface area contributed by atoms with E-state index in [9.17, 15) is 4.79 Å². The summed E-state index contributed by atoms with van der Waals surface area (Å²) in [5.74, 6) is 1.35. The molecule has 0 radical (unpaired) electrons.